The summed E-state index contributed by atoms with van der Waals surface area (Å²) in [6.45, 7) is 2.34. The molecule has 0 radical (unpaired) electrons. The fraction of sp³-hybridized carbons (Fsp3) is 0.750. The van der Waals surface area contributed by atoms with Crippen molar-refractivity contribution < 1.29 is 14.6 Å². The molecule has 14 heavy (non-hydrogen) atoms. The fourth-order valence-corrected chi connectivity index (χ4v) is 1.55. The topological polar surface area (TPSA) is 83.0 Å². The molecule has 1 fully saturated rings. The van der Waals surface area contributed by atoms with E-state index in [0.717, 1.165) is 6.54 Å². The molecular formula is C8H13N3O3. The van der Waals surface area contributed by atoms with Gasteiger partial charge in [-0.1, -0.05) is 0 Å². The molecule has 2 unspecified atom stereocenters. The normalized spacial score (nSPS) is 32.1. The second kappa shape index (κ2) is 3.93. The highest BCUT2D eigenvalue weighted by atomic mass is 16.5. The third-order valence-electron chi connectivity index (χ3n) is 2.32. The van der Waals surface area contributed by atoms with Crippen LogP contribution in [0.25, 0.3) is 0 Å². The van der Waals surface area contributed by atoms with E-state index in [0.29, 0.717) is 25.6 Å². The van der Waals surface area contributed by atoms with Gasteiger partial charge in [0.25, 0.3) is 0 Å². The van der Waals surface area contributed by atoms with E-state index in [2.05, 4.69) is 15.6 Å². The number of ether oxygens (including phenoxy) is 1. The third-order valence-corrected chi connectivity index (χ3v) is 2.32. The lowest BCUT2D eigenvalue weighted by Gasteiger charge is -2.24. The number of aliphatic carboxylic acids is 1. The van der Waals surface area contributed by atoms with Crippen molar-refractivity contribution in [2.45, 2.75) is 12.1 Å². The average molecular weight is 199 g/mol. The van der Waals surface area contributed by atoms with Crippen molar-refractivity contribution in [2.75, 3.05) is 26.3 Å². The number of carbonyl (C=O) groups is 1. The molecule has 0 bridgehead atoms. The van der Waals surface area contributed by atoms with Gasteiger partial charge in [-0.2, -0.15) is 0 Å². The molecule has 2 atom stereocenters. The number of hydrogen-bond donors (Lipinski definition) is 3. The first-order valence-electron chi connectivity index (χ1n) is 4.62. The number of morpholine rings is 1. The van der Waals surface area contributed by atoms with Crippen molar-refractivity contribution >= 4 is 11.8 Å². The molecular weight excluding hydrogens is 186 g/mol. The predicted octanol–water partition coefficient (Wildman–Crippen LogP) is -1.57. The number of carboxylic acid groups (broad SMARTS) is 1. The molecule has 2 rings (SSSR count). The molecule has 0 aromatic rings. The van der Waals surface area contributed by atoms with Gasteiger partial charge in [0.05, 0.1) is 25.8 Å². The summed E-state index contributed by atoms with van der Waals surface area (Å²) in [6.07, 6.45) is 0. The Morgan fingerprint density at radius 3 is 3.07 bits per heavy atom. The van der Waals surface area contributed by atoms with Crippen LogP contribution in [0.1, 0.15) is 0 Å². The maximum Gasteiger partial charge on any atom is 0.328 e. The highest BCUT2D eigenvalue weighted by Crippen LogP contribution is 2.02. The molecule has 0 aromatic carbocycles. The van der Waals surface area contributed by atoms with E-state index in [4.69, 9.17) is 9.84 Å². The van der Waals surface area contributed by atoms with Crippen LogP contribution in [0.15, 0.2) is 4.99 Å². The molecule has 0 aliphatic carbocycles. The zero-order valence-electron chi connectivity index (χ0n) is 7.69. The van der Waals surface area contributed by atoms with Crippen LogP contribution in [-0.4, -0.2) is 55.3 Å². The molecule has 2 aliphatic rings. The minimum atomic E-state index is -0.861. The highest BCUT2D eigenvalue weighted by Gasteiger charge is 2.29. The quantitative estimate of drug-likeness (QED) is 0.500. The van der Waals surface area contributed by atoms with Crippen LogP contribution in [0.2, 0.25) is 0 Å². The summed E-state index contributed by atoms with van der Waals surface area (Å²) in [5.41, 5.74) is 0. The summed E-state index contributed by atoms with van der Waals surface area (Å²) in [5.74, 6) is -0.155. The molecule has 2 aliphatic heterocycles. The SMILES string of the molecule is O=C(O)C1CN=C(C2COCCN2)N1. The molecule has 1 saturated heterocycles. The van der Waals surface area contributed by atoms with Crippen LogP contribution in [-0.2, 0) is 9.53 Å². The van der Waals surface area contributed by atoms with Crippen molar-refractivity contribution in [2.24, 2.45) is 4.99 Å². The van der Waals surface area contributed by atoms with Gasteiger partial charge in [0.15, 0.2) is 0 Å². The van der Waals surface area contributed by atoms with Crippen LogP contribution in [0.5, 0.6) is 0 Å². The second-order valence-corrected chi connectivity index (χ2v) is 3.34. The first kappa shape index (κ1) is 9.42. The summed E-state index contributed by atoms with van der Waals surface area (Å²) < 4.78 is 5.26. The lowest BCUT2D eigenvalue weighted by Crippen LogP contribution is -2.52. The van der Waals surface area contributed by atoms with E-state index in [1.807, 2.05) is 0 Å². The van der Waals surface area contributed by atoms with Gasteiger partial charge < -0.3 is 20.5 Å². The van der Waals surface area contributed by atoms with Crippen molar-refractivity contribution in [3.63, 3.8) is 0 Å². The number of hydrogen-bond acceptors (Lipinski definition) is 5. The van der Waals surface area contributed by atoms with Crippen molar-refractivity contribution in [1.82, 2.24) is 10.6 Å². The highest BCUT2D eigenvalue weighted by molar-refractivity contribution is 5.93. The lowest BCUT2D eigenvalue weighted by atomic mass is 10.2. The Labute approximate surface area is 81.3 Å². The van der Waals surface area contributed by atoms with Crippen LogP contribution < -0.4 is 10.6 Å². The van der Waals surface area contributed by atoms with E-state index in [9.17, 15) is 4.79 Å². The second-order valence-electron chi connectivity index (χ2n) is 3.34. The first-order chi connectivity index (χ1) is 6.77. The van der Waals surface area contributed by atoms with Crippen molar-refractivity contribution in [3.05, 3.63) is 0 Å². The maximum atomic E-state index is 10.6. The van der Waals surface area contributed by atoms with Gasteiger partial charge in [-0.25, -0.2) is 4.79 Å². The van der Waals surface area contributed by atoms with Gasteiger partial charge in [0, 0.05) is 6.54 Å². The standard InChI is InChI=1S/C8H13N3O3/c12-8(13)5-3-10-7(11-5)6-4-14-2-1-9-6/h5-6,9H,1-4H2,(H,10,11)(H,12,13). The Morgan fingerprint density at radius 2 is 2.50 bits per heavy atom. The summed E-state index contributed by atoms with van der Waals surface area (Å²) in [6, 6.07) is -0.554. The van der Waals surface area contributed by atoms with E-state index >= 15 is 0 Å². The molecule has 0 spiro atoms. The van der Waals surface area contributed by atoms with E-state index in [1.165, 1.54) is 0 Å². The minimum Gasteiger partial charge on any atom is -0.480 e. The van der Waals surface area contributed by atoms with E-state index in [1.54, 1.807) is 0 Å². The molecule has 0 aromatic heterocycles. The van der Waals surface area contributed by atoms with Gasteiger partial charge in [-0.15, -0.1) is 0 Å². The third kappa shape index (κ3) is 1.85. The number of amidine groups is 1. The minimum absolute atomic E-state index is 0.0214. The molecule has 78 valence electrons. The van der Waals surface area contributed by atoms with Gasteiger partial charge >= 0.3 is 5.97 Å². The largest absolute Gasteiger partial charge is 0.480 e. The number of nitrogens with one attached hydrogen (secondary N) is 2. The molecule has 2 heterocycles. The van der Waals surface area contributed by atoms with Gasteiger partial charge in [0.1, 0.15) is 11.9 Å². The van der Waals surface area contributed by atoms with E-state index < -0.39 is 12.0 Å². The monoisotopic (exact) mass is 199 g/mol. The summed E-state index contributed by atoms with van der Waals surface area (Å²) in [4.78, 5) is 14.8. The first-order valence-corrected chi connectivity index (χ1v) is 4.62. The Bertz CT molecular complexity index is 261. The average Bonchev–Trinajstić information content (AvgIpc) is 2.68. The number of aliphatic imine (C=N–C) groups is 1. The Balaban J connectivity index is 1.90. The molecule has 0 saturated carbocycles. The molecule has 6 nitrogen and oxygen atoms in total. The van der Waals surface area contributed by atoms with E-state index in [-0.39, 0.29) is 6.04 Å². The smallest absolute Gasteiger partial charge is 0.328 e. The molecule has 0 amide bonds. The Morgan fingerprint density at radius 1 is 1.64 bits per heavy atom. The molecule has 6 heteroatoms. The number of carboxylic acids is 1. The number of nitrogens with zero attached hydrogens (tertiary/aromatic N) is 1. The maximum absolute atomic E-state index is 10.6. The Hall–Kier alpha value is -1.14. The van der Waals surface area contributed by atoms with Gasteiger partial charge in [-0.05, 0) is 0 Å². The Kier molecular flexibility index (Phi) is 2.64. The number of rotatable bonds is 2. The fourth-order valence-electron chi connectivity index (χ4n) is 1.55. The zero-order valence-corrected chi connectivity index (χ0v) is 7.69. The lowest BCUT2D eigenvalue weighted by molar-refractivity contribution is -0.138. The molecule has 3 N–H and O–H groups in total. The van der Waals surface area contributed by atoms with Crippen LogP contribution in [0, 0.1) is 0 Å². The summed E-state index contributed by atoms with van der Waals surface area (Å²) in [7, 11) is 0. The zero-order chi connectivity index (χ0) is 9.97. The van der Waals surface area contributed by atoms with Gasteiger partial charge in [-0.3, -0.25) is 4.99 Å². The van der Waals surface area contributed by atoms with Crippen LogP contribution in [0.3, 0.4) is 0 Å². The predicted molar refractivity (Wildman–Crippen MR) is 49.5 cm³/mol. The van der Waals surface area contributed by atoms with Crippen molar-refractivity contribution in [3.8, 4) is 0 Å². The van der Waals surface area contributed by atoms with Crippen LogP contribution >= 0.6 is 0 Å². The van der Waals surface area contributed by atoms with Crippen LogP contribution in [0.4, 0.5) is 0 Å². The summed E-state index contributed by atoms with van der Waals surface area (Å²) in [5, 5.41) is 14.8. The van der Waals surface area contributed by atoms with Gasteiger partial charge in [0.2, 0.25) is 0 Å². The van der Waals surface area contributed by atoms with Crippen molar-refractivity contribution in [1.29, 1.82) is 0 Å². The summed E-state index contributed by atoms with van der Waals surface area (Å²) >= 11 is 0.